The van der Waals surface area contributed by atoms with Gasteiger partial charge in [-0.25, -0.2) is 0 Å². The van der Waals surface area contributed by atoms with Crippen LogP contribution in [0, 0.1) is 0 Å². The fourth-order valence-electron chi connectivity index (χ4n) is 2.16. The van der Waals surface area contributed by atoms with Gasteiger partial charge in [0, 0.05) is 12.1 Å². The lowest BCUT2D eigenvalue weighted by Crippen LogP contribution is -2.19. The van der Waals surface area contributed by atoms with Crippen LogP contribution < -0.4 is 11.1 Å². The highest BCUT2D eigenvalue weighted by molar-refractivity contribution is 7.10. The summed E-state index contributed by atoms with van der Waals surface area (Å²) in [5.41, 5.74) is 5.60. The second kappa shape index (κ2) is 5.35. The van der Waals surface area contributed by atoms with Gasteiger partial charge < -0.3 is 11.1 Å². The summed E-state index contributed by atoms with van der Waals surface area (Å²) in [5, 5.41) is 4.67. The minimum atomic E-state index is 0.630. The van der Waals surface area contributed by atoms with Gasteiger partial charge in [-0.15, -0.1) is 0 Å². The van der Waals surface area contributed by atoms with Crippen molar-refractivity contribution in [2.24, 2.45) is 0 Å². The molecule has 0 bridgehead atoms. The fourth-order valence-corrected chi connectivity index (χ4v) is 2.81. The Morgan fingerprint density at radius 1 is 1.20 bits per heavy atom. The number of nitrogen functional groups attached to an aromatic ring is 1. The Kier molecular flexibility index (Phi) is 3.83. The molecule has 3 nitrogen and oxygen atoms in total. The highest BCUT2D eigenvalue weighted by Gasteiger charge is 2.11. The largest absolute Gasteiger partial charge is 0.383 e. The number of nitrogens with two attached hydrogens (primary N) is 1. The molecule has 0 radical (unpaired) electrons. The van der Waals surface area contributed by atoms with Crippen molar-refractivity contribution in [1.29, 1.82) is 0 Å². The van der Waals surface area contributed by atoms with E-state index < -0.39 is 0 Å². The molecule has 1 fully saturated rings. The van der Waals surface area contributed by atoms with Crippen molar-refractivity contribution >= 4 is 22.4 Å². The van der Waals surface area contributed by atoms with E-state index in [0.29, 0.717) is 11.9 Å². The predicted molar refractivity (Wildman–Crippen MR) is 66.3 cm³/mol. The summed E-state index contributed by atoms with van der Waals surface area (Å²) in [4.78, 5) is 0. The van der Waals surface area contributed by atoms with Gasteiger partial charge in [-0.3, -0.25) is 0 Å². The van der Waals surface area contributed by atoms with E-state index in [1.54, 1.807) is 0 Å². The van der Waals surface area contributed by atoms with Crippen LogP contribution in [-0.4, -0.2) is 10.4 Å². The first-order valence-corrected chi connectivity index (χ1v) is 6.60. The van der Waals surface area contributed by atoms with Gasteiger partial charge in [-0.05, 0) is 24.4 Å². The van der Waals surface area contributed by atoms with E-state index in [9.17, 15) is 0 Å². The summed E-state index contributed by atoms with van der Waals surface area (Å²) < 4.78 is 4.08. The van der Waals surface area contributed by atoms with Crippen LogP contribution in [0.3, 0.4) is 0 Å². The van der Waals surface area contributed by atoms with Crippen molar-refractivity contribution in [1.82, 2.24) is 4.37 Å². The molecule has 0 aliphatic heterocycles. The molecular weight excluding hydrogens is 206 g/mol. The Bertz CT molecular complexity index is 290. The molecular formula is C11H19N3S. The van der Waals surface area contributed by atoms with Crippen LogP contribution in [0.15, 0.2) is 6.07 Å². The average Bonchev–Trinajstić information content (AvgIpc) is 2.56. The molecule has 0 unspecified atom stereocenters. The molecule has 15 heavy (non-hydrogen) atoms. The normalized spacial score (nSPS) is 19.5. The van der Waals surface area contributed by atoms with Crippen molar-refractivity contribution in [3.8, 4) is 0 Å². The van der Waals surface area contributed by atoms with E-state index in [2.05, 4.69) is 9.69 Å². The summed E-state index contributed by atoms with van der Waals surface area (Å²) in [5.74, 6) is 0.633. The Labute approximate surface area is 95.2 Å². The van der Waals surface area contributed by atoms with Crippen LogP contribution in [0.2, 0.25) is 0 Å². The summed E-state index contributed by atoms with van der Waals surface area (Å²) in [6.07, 6.45) is 9.49. The maximum absolute atomic E-state index is 5.60. The Morgan fingerprint density at radius 2 is 1.87 bits per heavy atom. The van der Waals surface area contributed by atoms with E-state index in [4.69, 9.17) is 5.73 Å². The molecule has 1 aromatic heterocycles. The second-order valence-corrected chi connectivity index (χ2v) is 5.11. The number of hydrogen-bond acceptors (Lipinski definition) is 4. The third-order valence-electron chi connectivity index (χ3n) is 2.98. The fraction of sp³-hybridized carbons (Fsp3) is 0.727. The van der Waals surface area contributed by atoms with E-state index in [0.717, 1.165) is 5.00 Å². The molecule has 1 aliphatic rings. The van der Waals surface area contributed by atoms with Crippen LogP contribution in [0.4, 0.5) is 10.8 Å². The third kappa shape index (κ3) is 3.38. The SMILES string of the molecule is Nc1cc(NC2CCCCCCC2)sn1. The molecule has 0 amide bonds. The van der Waals surface area contributed by atoms with E-state index in [1.165, 1.54) is 56.5 Å². The first-order chi connectivity index (χ1) is 7.34. The zero-order chi connectivity index (χ0) is 10.5. The number of nitrogens with one attached hydrogen (secondary N) is 1. The van der Waals surface area contributed by atoms with Gasteiger partial charge in [0.2, 0.25) is 0 Å². The monoisotopic (exact) mass is 225 g/mol. The molecule has 1 saturated carbocycles. The molecule has 84 valence electrons. The first-order valence-electron chi connectivity index (χ1n) is 5.83. The maximum atomic E-state index is 5.60. The number of hydrogen-bond donors (Lipinski definition) is 2. The lowest BCUT2D eigenvalue weighted by molar-refractivity contribution is 0.472. The van der Waals surface area contributed by atoms with Crippen molar-refractivity contribution in [3.05, 3.63) is 6.07 Å². The van der Waals surface area contributed by atoms with Gasteiger partial charge in [-0.2, -0.15) is 4.37 Å². The van der Waals surface area contributed by atoms with E-state index in [1.807, 2.05) is 6.07 Å². The number of aromatic nitrogens is 1. The van der Waals surface area contributed by atoms with Crippen molar-refractivity contribution in [2.75, 3.05) is 11.1 Å². The third-order valence-corrected chi connectivity index (χ3v) is 3.71. The summed E-state index contributed by atoms with van der Waals surface area (Å²) in [6, 6.07) is 2.56. The van der Waals surface area contributed by atoms with Crippen LogP contribution in [0.5, 0.6) is 0 Å². The smallest absolute Gasteiger partial charge is 0.139 e. The maximum Gasteiger partial charge on any atom is 0.139 e. The van der Waals surface area contributed by atoms with Gasteiger partial charge in [0.25, 0.3) is 0 Å². The molecule has 0 saturated heterocycles. The van der Waals surface area contributed by atoms with Crippen LogP contribution in [0.25, 0.3) is 0 Å². The molecule has 1 aliphatic carbocycles. The lowest BCUT2D eigenvalue weighted by atomic mass is 9.97. The minimum absolute atomic E-state index is 0.630. The van der Waals surface area contributed by atoms with Crippen molar-refractivity contribution in [2.45, 2.75) is 51.0 Å². The van der Waals surface area contributed by atoms with Crippen LogP contribution in [0.1, 0.15) is 44.9 Å². The van der Waals surface area contributed by atoms with Crippen LogP contribution in [-0.2, 0) is 0 Å². The van der Waals surface area contributed by atoms with E-state index in [-0.39, 0.29) is 0 Å². The summed E-state index contributed by atoms with van der Waals surface area (Å²) >= 11 is 1.47. The van der Waals surface area contributed by atoms with Gasteiger partial charge in [0.05, 0.1) is 0 Å². The van der Waals surface area contributed by atoms with Crippen molar-refractivity contribution < 1.29 is 0 Å². The molecule has 4 heteroatoms. The summed E-state index contributed by atoms with van der Waals surface area (Å²) in [7, 11) is 0. The molecule has 0 aromatic carbocycles. The topological polar surface area (TPSA) is 50.9 Å². The zero-order valence-corrected chi connectivity index (χ0v) is 9.85. The van der Waals surface area contributed by atoms with Gasteiger partial charge in [-0.1, -0.05) is 32.1 Å². The Balaban J connectivity index is 1.86. The van der Waals surface area contributed by atoms with Gasteiger partial charge >= 0.3 is 0 Å². The quantitative estimate of drug-likeness (QED) is 0.812. The molecule has 3 N–H and O–H groups in total. The van der Waals surface area contributed by atoms with Gasteiger partial charge in [0.15, 0.2) is 0 Å². The summed E-state index contributed by atoms with van der Waals surface area (Å²) in [6.45, 7) is 0. The highest BCUT2D eigenvalue weighted by Crippen LogP contribution is 2.24. The molecule has 1 aromatic rings. The molecule has 0 spiro atoms. The Morgan fingerprint density at radius 3 is 2.47 bits per heavy atom. The zero-order valence-electron chi connectivity index (χ0n) is 9.04. The van der Waals surface area contributed by atoms with Crippen molar-refractivity contribution in [3.63, 3.8) is 0 Å². The Hall–Kier alpha value is -0.770. The number of anilines is 2. The number of rotatable bonds is 2. The highest BCUT2D eigenvalue weighted by atomic mass is 32.1. The average molecular weight is 225 g/mol. The molecule has 1 heterocycles. The van der Waals surface area contributed by atoms with Gasteiger partial charge in [0.1, 0.15) is 10.8 Å². The minimum Gasteiger partial charge on any atom is -0.383 e. The van der Waals surface area contributed by atoms with E-state index >= 15 is 0 Å². The second-order valence-electron chi connectivity index (χ2n) is 4.30. The number of nitrogens with zero attached hydrogens (tertiary/aromatic N) is 1. The molecule has 2 rings (SSSR count). The van der Waals surface area contributed by atoms with Crippen LogP contribution >= 0.6 is 11.5 Å². The molecule has 0 atom stereocenters. The lowest BCUT2D eigenvalue weighted by Gasteiger charge is -2.20. The first kappa shape index (κ1) is 10.7. The predicted octanol–water partition coefficient (Wildman–Crippen LogP) is 3.25. The standard InChI is InChI=1S/C11H19N3S/c12-10-8-11(15-14-10)13-9-6-4-2-1-3-5-7-9/h8-9,13H,1-7H2,(H2,12,14).